The number of halogens is 5. The number of hydrogen-bond acceptors (Lipinski definition) is 5. The summed E-state index contributed by atoms with van der Waals surface area (Å²) < 4.78 is 67.8. The third kappa shape index (κ3) is 3.82. The Bertz CT molecular complexity index is 952. The van der Waals surface area contributed by atoms with E-state index in [9.17, 15) is 22.0 Å². The van der Waals surface area contributed by atoms with E-state index in [0.717, 1.165) is 12.1 Å². The molecule has 0 aliphatic rings. The summed E-state index contributed by atoms with van der Waals surface area (Å²) in [5.74, 6) is 0.0605. The molecule has 1 heterocycles. The highest BCUT2D eigenvalue weighted by Gasteiger charge is 2.61. The fourth-order valence-corrected chi connectivity index (χ4v) is 2.27. The van der Waals surface area contributed by atoms with Crippen molar-refractivity contribution < 1.29 is 26.7 Å². The van der Waals surface area contributed by atoms with Gasteiger partial charge < -0.3 is 15.8 Å². The van der Waals surface area contributed by atoms with Gasteiger partial charge in [-0.05, 0) is 48.5 Å². The molecule has 0 unspecified atom stereocenters. The molecule has 0 fully saturated rings. The summed E-state index contributed by atoms with van der Waals surface area (Å²) >= 11 is 0. The molecular formula is C17H14F5N5O. The quantitative estimate of drug-likeness (QED) is 0.499. The number of aromatic nitrogens is 3. The number of ether oxygens (including phenoxy) is 1. The molecule has 3 N–H and O–H groups in total. The Balaban J connectivity index is 1.88. The van der Waals surface area contributed by atoms with E-state index < -0.39 is 18.0 Å². The topological polar surface area (TPSA) is 78.0 Å². The minimum absolute atomic E-state index is 0.334. The molecule has 0 aliphatic heterocycles. The van der Waals surface area contributed by atoms with Gasteiger partial charge in [0.2, 0.25) is 5.95 Å². The number of nitrogens with zero attached hydrogens (tertiary/aromatic N) is 3. The largest absolute Gasteiger partial charge is 0.499 e. The summed E-state index contributed by atoms with van der Waals surface area (Å²) in [5, 5.41) is 7.16. The molecule has 0 atom stereocenters. The molecule has 0 aliphatic carbocycles. The van der Waals surface area contributed by atoms with Crippen LogP contribution in [0.15, 0.2) is 48.5 Å². The number of benzene rings is 2. The third-order valence-corrected chi connectivity index (χ3v) is 3.66. The molecular weight excluding hydrogens is 385 g/mol. The molecule has 0 radical (unpaired) electrons. The van der Waals surface area contributed by atoms with Crippen LogP contribution in [0.25, 0.3) is 17.1 Å². The smallest absolute Gasteiger partial charge is 0.426 e. The monoisotopic (exact) mass is 399 g/mol. The second-order valence-corrected chi connectivity index (χ2v) is 5.65. The van der Waals surface area contributed by atoms with Crippen molar-refractivity contribution in [3.05, 3.63) is 48.5 Å². The number of nitrogens with two attached hydrogens (primary N) is 1. The molecule has 0 spiro atoms. The molecule has 0 saturated heterocycles. The van der Waals surface area contributed by atoms with Crippen molar-refractivity contribution in [2.75, 3.05) is 18.1 Å². The van der Waals surface area contributed by atoms with E-state index in [1.165, 1.54) is 16.8 Å². The molecule has 6 nitrogen and oxygen atoms in total. The lowest BCUT2D eigenvalue weighted by Crippen LogP contribution is -2.41. The molecule has 1 aromatic heterocycles. The summed E-state index contributed by atoms with van der Waals surface area (Å²) in [7, 11) is 1.61. The Hall–Kier alpha value is -3.37. The highest BCUT2D eigenvalue weighted by atomic mass is 19.4. The first-order valence-electron chi connectivity index (χ1n) is 7.85. The van der Waals surface area contributed by atoms with Gasteiger partial charge in [0.15, 0.2) is 5.82 Å². The van der Waals surface area contributed by atoms with Gasteiger partial charge in [-0.25, -0.2) is 0 Å². The average molecular weight is 399 g/mol. The molecule has 0 amide bonds. The lowest BCUT2D eigenvalue weighted by Gasteiger charge is -2.20. The maximum atomic E-state index is 13.0. The summed E-state index contributed by atoms with van der Waals surface area (Å²) in [6.45, 7) is 0. The van der Waals surface area contributed by atoms with Crippen LogP contribution >= 0.6 is 0 Å². The van der Waals surface area contributed by atoms with Crippen LogP contribution < -0.4 is 15.8 Å². The second kappa shape index (κ2) is 6.98. The second-order valence-electron chi connectivity index (χ2n) is 5.65. The minimum atomic E-state index is -5.81. The average Bonchev–Trinajstić information content (AvgIpc) is 3.06. The summed E-state index contributed by atoms with van der Waals surface area (Å²) in [4.78, 5) is 4.32. The van der Waals surface area contributed by atoms with Crippen molar-refractivity contribution in [3.63, 3.8) is 0 Å². The summed E-state index contributed by atoms with van der Waals surface area (Å²) in [6, 6.07) is 11.4. The van der Waals surface area contributed by atoms with Crippen LogP contribution in [0.5, 0.6) is 5.75 Å². The Morgan fingerprint density at radius 2 is 1.57 bits per heavy atom. The van der Waals surface area contributed by atoms with E-state index in [-0.39, 0.29) is 0 Å². The zero-order valence-corrected chi connectivity index (χ0v) is 14.3. The van der Waals surface area contributed by atoms with Crippen LogP contribution in [0.3, 0.4) is 0 Å². The predicted octanol–water partition coefficient (Wildman–Crippen LogP) is 4.09. The van der Waals surface area contributed by atoms with Crippen LogP contribution in [-0.2, 0) is 0 Å². The van der Waals surface area contributed by atoms with E-state index in [2.05, 4.69) is 20.1 Å². The highest BCUT2D eigenvalue weighted by Crippen LogP contribution is 2.37. The number of hydrogen-bond donors (Lipinski definition) is 2. The van der Waals surface area contributed by atoms with Crippen LogP contribution in [0, 0.1) is 0 Å². The SMILES string of the molecule is CNc1nc(-c2ccc(N)cc2)nn1-c1ccc(OC(F)(F)C(F)(F)F)cc1. The van der Waals surface area contributed by atoms with Crippen LogP contribution in [0.2, 0.25) is 0 Å². The first-order chi connectivity index (χ1) is 13.1. The van der Waals surface area contributed by atoms with E-state index in [4.69, 9.17) is 5.73 Å². The summed E-state index contributed by atoms with van der Waals surface area (Å²) in [6.07, 6.45) is -11.1. The fraction of sp³-hybridized carbons (Fsp3) is 0.176. The van der Waals surface area contributed by atoms with Gasteiger partial charge in [-0.3, -0.25) is 0 Å². The molecule has 0 saturated carbocycles. The Morgan fingerprint density at radius 1 is 0.964 bits per heavy atom. The normalized spacial score (nSPS) is 12.1. The van der Waals surface area contributed by atoms with Gasteiger partial charge in [0.1, 0.15) is 5.75 Å². The number of nitrogens with one attached hydrogen (secondary N) is 1. The van der Waals surface area contributed by atoms with Crippen molar-refractivity contribution >= 4 is 11.6 Å². The van der Waals surface area contributed by atoms with E-state index >= 15 is 0 Å². The van der Waals surface area contributed by atoms with Gasteiger partial charge >= 0.3 is 12.3 Å². The van der Waals surface area contributed by atoms with Crippen molar-refractivity contribution in [3.8, 4) is 22.8 Å². The zero-order valence-electron chi connectivity index (χ0n) is 14.3. The first-order valence-corrected chi connectivity index (χ1v) is 7.85. The number of rotatable bonds is 5. The van der Waals surface area contributed by atoms with E-state index in [0.29, 0.717) is 28.7 Å². The standard InChI is InChI=1S/C17H14F5N5O/c1-24-15-25-14(10-2-4-11(23)5-3-10)26-27(15)12-6-8-13(9-7-12)28-17(21,22)16(18,19)20/h2-9H,23H2,1H3,(H,24,25,26). The first kappa shape index (κ1) is 19.4. The number of nitrogen functional groups attached to an aromatic ring is 1. The summed E-state index contributed by atoms with van der Waals surface area (Å²) in [5.41, 5.74) is 7.29. The molecule has 11 heteroatoms. The van der Waals surface area contributed by atoms with Gasteiger partial charge in [-0.2, -0.15) is 31.6 Å². The van der Waals surface area contributed by atoms with Crippen molar-refractivity contribution in [1.29, 1.82) is 0 Å². The maximum absolute atomic E-state index is 13.0. The Labute approximate surface area is 155 Å². The van der Waals surface area contributed by atoms with Gasteiger partial charge in [0, 0.05) is 18.3 Å². The molecule has 28 heavy (non-hydrogen) atoms. The zero-order chi connectivity index (χ0) is 20.5. The van der Waals surface area contributed by atoms with Crippen LogP contribution in [-0.4, -0.2) is 34.1 Å². The fourth-order valence-electron chi connectivity index (χ4n) is 2.27. The van der Waals surface area contributed by atoms with Gasteiger partial charge in [0.05, 0.1) is 5.69 Å². The predicted molar refractivity (Wildman–Crippen MR) is 92.4 cm³/mol. The molecule has 3 aromatic rings. The van der Waals surface area contributed by atoms with Crippen molar-refractivity contribution in [1.82, 2.24) is 14.8 Å². The van der Waals surface area contributed by atoms with Gasteiger partial charge in [-0.1, -0.05) is 0 Å². The highest BCUT2D eigenvalue weighted by molar-refractivity contribution is 5.60. The lowest BCUT2D eigenvalue weighted by atomic mass is 10.2. The lowest BCUT2D eigenvalue weighted by molar-refractivity contribution is -0.360. The maximum Gasteiger partial charge on any atom is 0.499 e. The molecule has 3 rings (SSSR count). The minimum Gasteiger partial charge on any atom is -0.426 e. The number of alkyl halides is 5. The van der Waals surface area contributed by atoms with Crippen LogP contribution in [0.1, 0.15) is 0 Å². The van der Waals surface area contributed by atoms with Crippen LogP contribution in [0.4, 0.5) is 33.6 Å². The van der Waals surface area contributed by atoms with Crippen molar-refractivity contribution in [2.24, 2.45) is 0 Å². The van der Waals surface area contributed by atoms with Gasteiger partial charge in [-0.15, -0.1) is 5.10 Å². The Kier molecular flexibility index (Phi) is 4.84. The molecule has 148 valence electrons. The molecule has 0 bridgehead atoms. The van der Waals surface area contributed by atoms with Crippen molar-refractivity contribution in [2.45, 2.75) is 12.3 Å². The Morgan fingerprint density at radius 3 is 2.11 bits per heavy atom. The number of anilines is 2. The molecule has 2 aromatic carbocycles. The van der Waals surface area contributed by atoms with E-state index in [1.807, 2.05) is 0 Å². The third-order valence-electron chi connectivity index (χ3n) is 3.66. The van der Waals surface area contributed by atoms with Gasteiger partial charge in [0.25, 0.3) is 0 Å². The van der Waals surface area contributed by atoms with E-state index in [1.54, 1.807) is 31.3 Å².